The molecule has 0 saturated carbocycles. The summed E-state index contributed by atoms with van der Waals surface area (Å²) in [5, 5.41) is 14.2. The van der Waals surface area contributed by atoms with Crippen molar-refractivity contribution in [2.75, 3.05) is 5.43 Å². The molecule has 0 saturated heterocycles. The number of hydrogen-bond donors (Lipinski definition) is 3. The molecule has 104 valence electrons. The van der Waals surface area contributed by atoms with E-state index in [1.807, 2.05) is 30.5 Å². The van der Waals surface area contributed by atoms with Crippen LogP contribution in [0.25, 0.3) is 10.9 Å². The number of aromatic amines is 1. The number of para-hydroxylation sites is 1. The summed E-state index contributed by atoms with van der Waals surface area (Å²) >= 11 is 0. The normalized spacial score (nSPS) is 11.0. The SMILES string of the molecule is O=C(O)c1cccc(N/N=C/c2c[nH]c3ccccc23)c1. The van der Waals surface area contributed by atoms with Crippen LogP contribution in [0, 0.1) is 0 Å². The molecule has 0 amide bonds. The Hall–Kier alpha value is -3.08. The molecule has 5 heteroatoms. The molecule has 0 bridgehead atoms. The lowest BCUT2D eigenvalue weighted by atomic mass is 10.2. The molecule has 0 aliphatic carbocycles. The van der Waals surface area contributed by atoms with Gasteiger partial charge in [0.1, 0.15) is 0 Å². The molecule has 0 unspecified atom stereocenters. The van der Waals surface area contributed by atoms with E-state index in [2.05, 4.69) is 15.5 Å². The summed E-state index contributed by atoms with van der Waals surface area (Å²) in [6, 6.07) is 14.5. The van der Waals surface area contributed by atoms with Gasteiger partial charge in [-0.15, -0.1) is 0 Å². The van der Waals surface area contributed by atoms with Gasteiger partial charge in [0.15, 0.2) is 0 Å². The van der Waals surface area contributed by atoms with Crippen LogP contribution in [0.2, 0.25) is 0 Å². The predicted molar refractivity (Wildman–Crippen MR) is 82.9 cm³/mol. The van der Waals surface area contributed by atoms with Crippen molar-refractivity contribution in [1.82, 2.24) is 4.98 Å². The largest absolute Gasteiger partial charge is 0.478 e. The molecule has 2 aromatic carbocycles. The lowest BCUT2D eigenvalue weighted by Crippen LogP contribution is -1.97. The van der Waals surface area contributed by atoms with Crippen molar-refractivity contribution in [3.63, 3.8) is 0 Å². The quantitative estimate of drug-likeness (QED) is 0.506. The number of carbonyl (C=O) groups is 1. The number of aromatic nitrogens is 1. The van der Waals surface area contributed by atoms with Crippen LogP contribution >= 0.6 is 0 Å². The number of nitrogens with zero attached hydrogens (tertiary/aromatic N) is 1. The molecule has 1 heterocycles. The van der Waals surface area contributed by atoms with Gasteiger partial charge >= 0.3 is 5.97 Å². The van der Waals surface area contributed by atoms with Crippen LogP contribution in [0.1, 0.15) is 15.9 Å². The molecule has 0 atom stereocenters. The maximum absolute atomic E-state index is 10.9. The van der Waals surface area contributed by atoms with Crippen LogP contribution in [0.3, 0.4) is 0 Å². The molecular formula is C16H13N3O2. The van der Waals surface area contributed by atoms with Crippen LogP contribution < -0.4 is 5.43 Å². The van der Waals surface area contributed by atoms with Gasteiger partial charge in [0, 0.05) is 22.7 Å². The van der Waals surface area contributed by atoms with Crippen molar-refractivity contribution in [2.45, 2.75) is 0 Å². The molecule has 1 aromatic heterocycles. The molecule has 3 rings (SSSR count). The second-order valence-corrected chi connectivity index (χ2v) is 4.55. The van der Waals surface area contributed by atoms with Gasteiger partial charge in [0.25, 0.3) is 0 Å². The second-order valence-electron chi connectivity index (χ2n) is 4.55. The van der Waals surface area contributed by atoms with E-state index in [0.717, 1.165) is 16.5 Å². The molecule has 21 heavy (non-hydrogen) atoms. The lowest BCUT2D eigenvalue weighted by Gasteiger charge is -2.01. The molecule has 5 nitrogen and oxygen atoms in total. The zero-order valence-electron chi connectivity index (χ0n) is 11.1. The van der Waals surface area contributed by atoms with Crippen LogP contribution in [0.15, 0.2) is 59.8 Å². The zero-order valence-corrected chi connectivity index (χ0v) is 11.1. The van der Waals surface area contributed by atoms with E-state index in [9.17, 15) is 4.79 Å². The van der Waals surface area contributed by atoms with Gasteiger partial charge in [-0.05, 0) is 24.3 Å². The van der Waals surface area contributed by atoms with Gasteiger partial charge in [0.05, 0.1) is 17.5 Å². The first-order chi connectivity index (χ1) is 10.2. The highest BCUT2D eigenvalue weighted by Gasteiger charge is 2.02. The number of aromatic carboxylic acids is 1. The van der Waals surface area contributed by atoms with Crippen LogP contribution in [0.4, 0.5) is 5.69 Å². The summed E-state index contributed by atoms with van der Waals surface area (Å²) in [7, 11) is 0. The molecule has 0 aliphatic rings. The Morgan fingerprint density at radius 3 is 2.90 bits per heavy atom. The maximum Gasteiger partial charge on any atom is 0.335 e. The molecule has 3 N–H and O–H groups in total. The minimum atomic E-state index is -0.959. The number of H-pyrrole nitrogens is 1. The monoisotopic (exact) mass is 279 g/mol. The number of anilines is 1. The summed E-state index contributed by atoms with van der Waals surface area (Å²) in [5.74, 6) is -0.959. The van der Waals surface area contributed by atoms with E-state index in [1.165, 1.54) is 12.1 Å². The average molecular weight is 279 g/mol. The third kappa shape index (κ3) is 2.76. The highest BCUT2D eigenvalue weighted by Crippen LogP contribution is 2.16. The average Bonchev–Trinajstić information content (AvgIpc) is 2.91. The number of carboxylic acid groups (broad SMARTS) is 1. The van der Waals surface area contributed by atoms with Crippen molar-refractivity contribution in [3.05, 3.63) is 65.9 Å². The van der Waals surface area contributed by atoms with Crippen molar-refractivity contribution >= 4 is 28.8 Å². The Morgan fingerprint density at radius 1 is 1.19 bits per heavy atom. The summed E-state index contributed by atoms with van der Waals surface area (Å²) < 4.78 is 0. The molecule has 0 radical (unpaired) electrons. The van der Waals surface area contributed by atoms with Crippen LogP contribution in [-0.4, -0.2) is 22.3 Å². The Kier molecular flexibility index (Phi) is 3.39. The number of hydrogen-bond acceptors (Lipinski definition) is 3. The van der Waals surface area contributed by atoms with Gasteiger partial charge in [-0.3, -0.25) is 5.43 Å². The zero-order chi connectivity index (χ0) is 14.7. The second kappa shape index (κ2) is 5.50. The van der Waals surface area contributed by atoms with E-state index in [-0.39, 0.29) is 5.56 Å². The summed E-state index contributed by atoms with van der Waals surface area (Å²) in [5.41, 5.74) is 5.70. The minimum Gasteiger partial charge on any atom is -0.478 e. The molecule has 3 aromatic rings. The van der Waals surface area contributed by atoms with Gasteiger partial charge in [0.2, 0.25) is 0 Å². The first-order valence-electron chi connectivity index (χ1n) is 6.42. The third-order valence-corrected chi connectivity index (χ3v) is 3.13. The predicted octanol–water partition coefficient (Wildman–Crippen LogP) is 3.31. The van der Waals surface area contributed by atoms with Crippen molar-refractivity contribution in [3.8, 4) is 0 Å². The fourth-order valence-electron chi connectivity index (χ4n) is 2.10. The standard InChI is InChI=1S/C16H13N3O2/c20-16(21)11-4-3-5-13(8-11)19-18-10-12-9-17-15-7-2-1-6-14(12)15/h1-10,17,19H,(H,20,21)/b18-10+. The van der Waals surface area contributed by atoms with E-state index in [0.29, 0.717) is 5.69 Å². The highest BCUT2D eigenvalue weighted by atomic mass is 16.4. The minimum absolute atomic E-state index is 0.224. The van der Waals surface area contributed by atoms with Crippen molar-refractivity contribution < 1.29 is 9.90 Å². The maximum atomic E-state index is 10.9. The van der Waals surface area contributed by atoms with Crippen LogP contribution in [0.5, 0.6) is 0 Å². The van der Waals surface area contributed by atoms with Gasteiger partial charge in [-0.1, -0.05) is 24.3 Å². The number of benzene rings is 2. The number of fused-ring (bicyclic) bond motifs is 1. The summed E-state index contributed by atoms with van der Waals surface area (Å²) in [6.07, 6.45) is 3.58. The Balaban J connectivity index is 1.78. The molecule has 0 fully saturated rings. The topological polar surface area (TPSA) is 77.5 Å². The molecular weight excluding hydrogens is 266 g/mol. The smallest absolute Gasteiger partial charge is 0.335 e. The Labute approximate surface area is 120 Å². The summed E-state index contributed by atoms with van der Waals surface area (Å²) in [6.45, 7) is 0. The first kappa shape index (κ1) is 12.9. The Bertz CT molecular complexity index is 821. The summed E-state index contributed by atoms with van der Waals surface area (Å²) in [4.78, 5) is 14.1. The number of hydrazone groups is 1. The van der Waals surface area contributed by atoms with Crippen molar-refractivity contribution in [1.29, 1.82) is 0 Å². The molecule has 0 spiro atoms. The van der Waals surface area contributed by atoms with Crippen molar-refractivity contribution in [2.24, 2.45) is 5.10 Å². The molecule has 0 aliphatic heterocycles. The Morgan fingerprint density at radius 2 is 2.05 bits per heavy atom. The number of carboxylic acids is 1. The lowest BCUT2D eigenvalue weighted by molar-refractivity contribution is 0.0697. The van der Waals surface area contributed by atoms with Crippen LogP contribution in [-0.2, 0) is 0 Å². The van der Waals surface area contributed by atoms with Gasteiger partial charge in [-0.25, -0.2) is 4.79 Å². The fraction of sp³-hybridized carbons (Fsp3) is 0. The van der Waals surface area contributed by atoms with E-state index in [1.54, 1.807) is 18.3 Å². The fourth-order valence-corrected chi connectivity index (χ4v) is 2.10. The first-order valence-corrected chi connectivity index (χ1v) is 6.42. The van der Waals surface area contributed by atoms with Gasteiger partial charge in [-0.2, -0.15) is 5.10 Å². The van der Waals surface area contributed by atoms with E-state index < -0.39 is 5.97 Å². The third-order valence-electron chi connectivity index (χ3n) is 3.13. The number of nitrogens with one attached hydrogen (secondary N) is 2. The highest BCUT2D eigenvalue weighted by molar-refractivity contribution is 5.99. The van der Waals surface area contributed by atoms with E-state index in [4.69, 9.17) is 5.11 Å². The number of rotatable bonds is 4. The van der Waals surface area contributed by atoms with Gasteiger partial charge < -0.3 is 10.1 Å². The van der Waals surface area contributed by atoms with E-state index >= 15 is 0 Å².